The zero-order valence-electron chi connectivity index (χ0n) is 14.1. The Morgan fingerprint density at radius 3 is 3.04 bits per heavy atom. The van der Waals surface area contributed by atoms with E-state index in [9.17, 15) is 14.9 Å². The molecule has 2 aliphatic heterocycles. The number of carbonyl (C=O) groups is 2. The summed E-state index contributed by atoms with van der Waals surface area (Å²) in [5.41, 5.74) is 3.16. The molecule has 4 rings (SSSR count). The van der Waals surface area contributed by atoms with Crippen LogP contribution in [0.15, 0.2) is 22.7 Å². The van der Waals surface area contributed by atoms with Crippen LogP contribution in [-0.4, -0.2) is 39.1 Å². The average molecular weight is 414 g/mol. The van der Waals surface area contributed by atoms with E-state index in [-0.39, 0.29) is 17.9 Å². The van der Waals surface area contributed by atoms with Crippen LogP contribution >= 0.6 is 15.9 Å². The number of rotatable bonds is 1. The summed E-state index contributed by atoms with van der Waals surface area (Å²) in [5.74, 6) is -0.286. The first-order valence-corrected chi connectivity index (χ1v) is 9.16. The molecule has 1 N–H and O–H groups in total. The Labute approximate surface area is 158 Å². The topological polar surface area (TPSA) is 91.0 Å². The second-order valence-electron chi connectivity index (χ2n) is 6.55. The monoisotopic (exact) mass is 413 g/mol. The predicted molar refractivity (Wildman–Crippen MR) is 96.5 cm³/mol. The maximum absolute atomic E-state index is 13.0. The molecule has 0 unspecified atom stereocenters. The van der Waals surface area contributed by atoms with Crippen molar-refractivity contribution in [3.63, 3.8) is 0 Å². The van der Waals surface area contributed by atoms with Crippen LogP contribution in [0.25, 0.3) is 0 Å². The molecule has 0 aliphatic carbocycles. The van der Waals surface area contributed by atoms with E-state index in [2.05, 4.69) is 32.4 Å². The summed E-state index contributed by atoms with van der Waals surface area (Å²) in [4.78, 5) is 27.0. The van der Waals surface area contributed by atoms with Crippen molar-refractivity contribution in [3.05, 3.63) is 50.8 Å². The molecule has 7 nitrogen and oxygen atoms in total. The lowest BCUT2D eigenvalue weighted by molar-refractivity contribution is 0.0654. The third-order valence-electron chi connectivity index (χ3n) is 4.90. The van der Waals surface area contributed by atoms with Gasteiger partial charge in [-0.15, -0.1) is 0 Å². The average Bonchev–Trinajstić information content (AvgIpc) is 2.99. The van der Waals surface area contributed by atoms with E-state index >= 15 is 0 Å². The molecular formula is C18H16BrN5O2. The molecule has 132 valence electrons. The van der Waals surface area contributed by atoms with Gasteiger partial charge in [-0.05, 0) is 41.1 Å². The Morgan fingerprint density at radius 1 is 1.46 bits per heavy atom. The van der Waals surface area contributed by atoms with Crippen LogP contribution < -0.4 is 5.32 Å². The van der Waals surface area contributed by atoms with Crippen molar-refractivity contribution in [2.75, 3.05) is 6.54 Å². The van der Waals surface area contributed by atoms with Crippen molar-refractivity contribution in [1.29, 1.82) is 5.26 Å². The molecule has 3 heterocycles. The number of carbonyl (C=O) groups excluding carboxylic acids is 2. The number of nitrogens with one attached hydrogen (secondary N) is 1. The smallest absolute Gasteiger partial charge is 0.269 e. The molecule has 1 atom stereocenters. The first kappa shape index (κ1) is 16.8. The molecular weight excluding hydrogens is 398 g/mol. The Balaban J connectivity index is 1.69. The lowest BCUT2D eigenvalue weighted by atomic mass is 9.97. The van der Waals surface area contributed by atoms with Gasteiger partial charge in [-0.1, -0.05) is 0 Å². The zero-order chi connectivity index (χ0) is 18.4. The fourth-order valence-electron chi connectivity index (χ4n) is 3.55. The van der Waals surface area contributed by atoms with Gasteiger partial charge in [-0.3, -0.25) is 14.3 Å². The Morgan fingerprint density at radius 2 is 2.27 bits per heavy atom. The van der Waals surface area contributed by atoms with Gasteiger partial charge < -0.3 is 10.2 Å². The fraction of sp³-hybridized carbons (Fsp3) is 0.333. The van der Waals surface area contributed by atoms with E-state index in [4.69, 9.17) is 0 Å². The number of nitriles is 1. The van der Waals surface area contributed by atoms with E-state index in [1.165, 1.54) is 0 Å². The van der Waals surface area contributed by atoms with Crippen molar-refractivity contribution in [2.24, 2.45) is 0 Å². The minimum absolute atomic E-state index is 0.0378. The minimum atomic E-state index is -0.150. The highest BCUT2D eigenvalue weighted by atomic mass is 79.9. The van der Waals surface area contributed by atoms with Crippen LogP contribution in [0.5, 0.6) is 0 Å². The van der Waals surface area contributed by atoms with E-state index < -0.39 is 0 Å². The molecule has 2 aliphatic rings. The Hall–Kier alpha value is -2.66. The second-order valence-corrected chi connectivity index (χ2v) is 7.40. The summed E-state index contributed by atoms with van der Waals surface area (Å²) in [6.45, 7) is 3.54. The quantitative estimate of drug-likeness (QED) is 0.771. The van der Waals surface area contributed by atoms with E-state index in [1.807, 2.05) is 6.92 Å². The van der Waals surface area contributed by atoms with Gasteiger partial charge in [-0.25, -0.2) is 0 Å². The first-order chi connectivity index (χ1) is 12.5. The summed E-state index contributed by atoms with van der Waals surface area (Å²) < 4.78 is 2.41. The van der Waals surface area contributed by atoms with Gasteiger partial charge in [0.1, 0.15) is 11.8 Å². The lowest BCUT2D eigenvalue weighted by Gasteiger charge is -2.33. The minimum Gasteiger partial charge on any atom is -0.349 e. The van der Waals surface area contributed by atoms with Gasteiger partial charge in [-0.2, -0.15) is 10.4 Å². The largest absolute Gasteiger partial charge is 0.349 e. The number of benzene rings is 1. The van der Waals surface area contributed by atoms with Gasteiger partial charge in [0.05, 0.1) is 24.3 Å². The molecule has 8 heteroatoms. The number of aromatic nitrogens is 2. The van der Waals surface area contributed by atoms with Gasteiger partial charge in [0, 0.05) is 34.6 Å². The van der Waals surface area contributed by atoms with Crippen molar-refractivity contribution in [1.82, 2.24) is 20.0 Å². The summed E-state index contributed by atoms with van der Waals surface area (Å²) >= 11 is 3.31. The Kier molecular flexibility index (Phi) is 4.04. The molecule has 26 heavy (non-hydrogen) atoms. The number of amides is 2. The van der Waals surface area contributed by atoms with Crippen molar-refractivity contribution >= 4 is 27.7 Å². The van der Waals surface area contributed by atoms with Crippen LogP contribution in [0.2, 0.25) is 0 Å². The van der Waals surface area contributed by atoms with Gasteiger partial charge >= 0.3 is 0 Å². The number of nitrogens with zero attached hydrogens (tertiary/aromatic N) is 4. The van der Waals surface area contributed by atoms with Gasteiger partial charge in [0.15, 0.2) is 0 Å². The summed E-state index contributed by atoms with van der Waals surface area (Å²) in [7, 11) is 0. The highest BCUT2D eigenvalue weighted by Crippen LogP contribution is 2.28. The first-order valence-electron chi connectivity index (χ1n) is 8.37. The van der Waals surface area contributed by atoms with Crippen molar-refractivity contribution in [3.8, 4) is 6.07 Å². The van der Waals surface area contributed by atoms with Crippen LogP contribution in [0.3, 0.4) is 0 Å². The number of hydrogen-bond acceptors (Lipinski definition) is 4. The van der Waals surface area contributed by atoms with Crippen molar-refractivity contribution < 1.29 is 9.59 Å². The third-order valence-corrected chi connectivity index (χ3v) is 5.59. The highest BCUT2D eigenvalue weighted by Gasteiger charge is 2.35. The standard InChI is InChI=1S/C18H16BrN5O2/c1-10-6-15-13(16-17(25)21-4-5-24(16)22-15)9-23(10)18(26)11-2-3-14(19)12(7-11)8-20/h2-3,7,10H,4-6,9H2,1H3,(H,21,25)/t10-/m1/s1. The number of hydrogen-bond donors (Lipinski definition) is 1. The maximum atomic E-state index is 13.0. The highest BCUT2D eigenvalue weighted by molar-refractivity contribution is 9.10. The van der Waals surface area contributed by atoms with Crippen LogP contribution in [0.1, 0.15) is 44.6 Å². The molecule has 2 amide bonds. The number of halogens is 1. The molecule has 1 aromatic heterocycles. The molecule has 0 saturated heterocycles. The van der Waals surface area contributed by atoms with Crippen molar-refractivity contribution in [2.45, 2.75) is 32.5 Å². The third kappa shape index (κ3) is 2.59. The summed E-state index contributed by atoms with van der Waals surface area (Å²) in [6.07, 6.45) is 0.607. The van der Waals surface area contributed by atoms with Crippen LogP contribution in [0.4, 0.5) is 0 Å². The molecule has 0 saturated carbocycles. The van der Waals surface area contributed by atoms with E-state index in [1.54, 1.807) is 27.8 Å². The van der Waals surface area contributed by atoms with Crippen LogP contribution in [0, 0.1) is 11.3 Å². The maximum Gasteiger partial charge on any atom is 0.269 e. The van der Waals surface area contributed by atoms with Gasteiger partial charge in [0.25, 0.3) is 11.8 Å². The summed E-state index contributed by atoms with van der Waals surface area (Å²) in [5, 5.41) is 16.6. The predicted octanol–water partition coefficient (Wildman–Crippen LogP) is 1.85. The second kappa shape index (κ2) is 6.25. The molecule has 0 fully saturated rings. The zero-order valence-corrected chi connectivity index (χ0v) is 15.7. The molecule has 0 bridgehead atoms. The SMILES string of the molecule is C[C@@H]1Cc2nn3c(c2CN1C(=O)c1ccc(Br)c(C#N)c1)C(=O)NCC3. The van der Waals surface area contributed by atoms with E-state index in [0.717, 1.165) is 11.3 Å². The van der Waals surface area contributed by atoms with Gasteiger partial charge in [0.2, 0.25) is 0 Å². The lowest BCUT2D eigenvalue weighted by Crippen LogP contribution is -2.43. The molecule has 2 aromatic rings. The summed E-state index contributed by atoms with van der Waals surface area (Å²) in [6, 6.07) is 7.05. The molecule has 0 radical (unpaired) electrons. The van der Waals surface area contributed by atoms with Crippen LogP contribution in [-0.2, 0) is 19.5 Å². The molecule has 1 aromatic carbocycles. The fourth-order valence-corrected chi connectivity index (χ4v) is 3.89. The number of fused-ring (bicyclic) bond motifs is 3. The normalized spacial score (nSPS) is 18.6. The van der Waals surface area contributed by atoms with E-state index in [0.29, 0.717) is 47.3 Å². The molecule has 0 spiro atoms. The Bertz CT molecular complexity index is 975.